The molecule has 16 heavy (non-hydrogen) atoms. The van der Waals surface area contributed by atoms with Crippen molar-refractivity contribution in [2.24, 2.45) is 0 Å². The number of aromatic nitrogens is 2. The van der Waals surface area contributed by atoms with Crippen LogP contribution in [0.5, 0.6) is 0 Å². The molecule has 90 valence electrons. The van der Waals surface area contributed by atoms with E-state index in [2.05, 4.69) is 15.5 Å². The normalized spacial score (nSPS) is 12.5. The van der Waals surface area contributed by atoms with Crippen LogP contribution in [0.4, 0.5) is 0 Å². The van der Waals surface area contributed by atoms with E-state index in [1.807, 2.05) is 6.92 Å². The van der Waals surface area contributed by atoms with Gasteiger partial charge in [0.25, 0.3) is 0 Å². The first-order valence-corrected chi connectivity index (χ1v) is 5.24. The van der Waals surface area contributed by atoms with Gasteiger partial charge in [-0.2, -0.15) is 4.98 Å². The van der Waals surface area contributed by atoms with Gasteiger partial charge in [0.2, 0.25) is 11.8 Å². The molecule has 1 atom stereocenters. The molecule has 0 saturated heterocycles. The third-order valence-corrected chi connectivity index (χ3v) is 2.17. The molecule has 1 heterocycles. The summed E-state index contributed by atoms with van der Waals surface area (Å²) in [7, 11) is 3.48. The van der Waals surface area contributed by atoms with Crippen LogP contribution in [-0.2, 0) is 11.2 Å². The van der Waals surface area contributed by atoms with Gasteiger partial charge in [0.15, 0.2) is 5.82 Å². The van der Waals surface area contributed by atoms with Crippen LogP contribution >= 0.6 is 0 Å². The van der Waals surface area contributed by atoms with Crippen molar-refractivity contribution in [3.8, 4) is 0 Å². The second-order valence-electron chi connectivity index (χ2n) is 3.89. The van der Waals surface area contributed by atoms with Crippen LogP contribution in [0.25, 0.3) is 0 Å². The Morgan fingerprint density at radius 3 is 2.75 bits per heavy atom. The van der Waals surface area contributed by atoms with Crippen molar-refractivity contribution < 1.29 is 9.32 Å². The smallest absolute Gasteiger partial charge is 0.238 e. The SMILES string of the molecule is Cc1noc(CCNC(C)C(=O)N(C)C)n1. The van der Waals surface area contributed by atoms with Crippen LogP contribution in [0.2, 0.25) is 0 Å². The summed E-state index contributed by atoms with van der Waals surface area (Å²) in [4.78, 5) is 17.1. The minimum atomic E-state index is -0.195. The predicted molar refractivity (Wildman–Crippen MR) is 58.9 cm³/mol. The second kappa shape index (κ2) is 5.60. The Morgan fingerprint density at radius 2 is 2.25 bits per heavy atom. The first-order valence-electron chi connectivity index (χ1n) is 5.24. The van der Waals surface area contributed by atoms with Crippen LogP contribution < -0.4 is 5.32 Å². The molecule has 1 unspecified atom stereocenters. The quantitative estimate of drug-likeness (QED) is 0.764. The van der Waals surface area contributed by atoms with Crippen LogP contribution in [0.3, 0.4) is 0 Å². The molecule has 1 aromatic heterocycles. The van der Waals surface area contributed by atoms with Gasteiger partial charge in [0.1, 0.15) is 0 Å². The summed E-state index contributed by atoms with van der Waals surface area (Å²) in [6, 6.07) is -0.195. The summed E-state index contributed by atoms with van der Waals surface area (Å²) in [5.74, 6) is 1.28. The number of nitrogens with zero attached hydrogens (tertiary/aromatic N) is 3. The molecule has 0 saturated carbocycles. The van der Waals surface area contributed by atoms with Crippen molar-refractivity contribution in [2.45, 2.75) is 26.3 Å². The zero-order chi connectivity index (χ0) is 12.1. The highest BCUT2D eigenvalue weighted by atomic mass is 16.5. The lowest BCUT2D eigenvalue weighted by atomic mass is 10.3. The van der Waals surface area contributed by atoms with Gasteiger partial charge < -0.3 is 14.7 Å². The maximum absolute atomic E-state index is 11.5. The highest BCUT2D eigenvalue weighted by Crippen LogP contribution is 1.96. The zero-order valence-corrected chi connectivity index (χ0v) is 10.1. The van der Waals surface area contributed by atoms with E-state index < -0.39 is 0 Å². The van der Waals surface area contributed by atoms with Gasteiger partial charge in [0, 0.05) is 27.1 Å². The lowest BCUT2D eigenvalue weighted by molar-refractivity contribution is -0.130. The summed E-state index contributed by atoms with van der Waals surface area (Å²) in [6.07, 6.45) is 0.631. The summed E-state index contributed by atoms with van der Waals surface area (Å²) in [5.41, 5.74) is 0. The van der Waals surface area contributed by atoms with E-state index >= 15 is 0 Å². The standard InChI is InChI=1S/C10H18N4O2/c1-7(10(15)14(3)4)11-6-5-9-12-8(2)13-16-9/h7,11H,5-6H2,1-4H3. The van der Waals surface area contributed by atoms with Gasteiger partial charge in [-0.25, -0.2) is 0 Å². The van der Waals surface area contributed by atoms with E-state index in [4.69, 9.17) is 4.52 Å². The van der Waals surface area contributed by atoms with E-state index in [-0.39, 0.29) is 11.9 Å². The third-order valence-electron chi connectivity index (χ3n) is 2.17. The second-order valence-corrected chi connectivity index (χ2v) is 3.89. The van der Waals surface area contributed by atoms with Crippen molar-refractivity contribution in [3.05, 3.63) is 11.7 Å². The van der Waals surface area contributed by atoms with Gasteiger partial charge >= 0.3 is 0 Å². The summed E-state index contributed by atoms with van der Waals surface area (Å²) in [6.45, 7) is 4.25. The average Bonchev–Trinajstić information content (AvgIpc) is 2.62. The number of nitrogens with one attached hydrogen (secondary N) is 1. The van der Waals surface area contributed by atoms with Crippen molar-refractivity contribution in [1.82, 2.24) is 20.4 Å². The Hall–Kier alpha value is -1.43. The van der Waals surface area contributed by atoms with Crippen LogP contribution in [0.15, 0.2) is 4.52 Å². The summed E-state index contributed by atoms with van der Waals surface area (Å²) >= 11 is 0. The molecule has 0 aliphatic heterocycles. The number of rotatable bonds is 5. The van der Waals surface area contributed by atoms with Crippen molar-refractivity contribution in [2.75, 3.05) is 20.6 Å². The molecule has 0 aliphatic carbocycles. The number of aryl methyl sites for hydroxylation is 1. The fourth-order valence-electron chi connectivity index (χ4n) is 1.31. The minimum Gasteiger partial charge on any atom is -0.347 e. The minimum absolute atomic E-state index is 0.0571. The molecular weight excluding hydrogens is 208 g/mol. The molecule has 0 spiro atoms. The molecule has 6 nitrogen and oxygen atoms in total. The lowest BCUT2D eigenvalue weighted by Gasteiger charge is -2.17. The molecule has 1 N–H and O–H groups in total. The van der Waals surface area contributed by atoms with Gasteiger partial charge in [-0.05, 0) is 13.8 Å². The fraction of sp³-hybridized carbons (Fsp3) is 0.700. The van der Waals surface area contributed by atoms with Crippen LogP contribution in [0.1, 0.15) is 18.6 Å². The van der Waals surface area contributed by atoms with Crippen LogP contribution in [0, 0.1) is 6.92 Å². The number of carbonyl (C=O) groups excluding carboxylic acids is 1. The highest BCUT2D eigenvalue weighted by Gasteiger charge is 2.13. The maximum Gasteiger partial charge on any atom is 0.238 e. The number of amides is 1. The van der Waals surface area contributed by atoms with Crippen molar-refractivity contribution >= 4 is 5.91 Å². The molecular formula is C10H18N4O2. The zero-order valence-electron chi connectivity index (χ0n) is 10.1. The van der Waals surface area contributed by atoms with Crippen molar-refractivity contribution in [1.29, 1.82) is 0 Å². The first kappa shape index (κ1) is 12.6. The topological polar surface area (TPSA) is 71.3 Å². The number of likely N-dealkylation sites (N-methyl/N-ethyl adjacent to an activating group) is 1. The van der Waals surface area contributed by atoms with E-state index in [1.165, 1.54) is 0 Å². The van der Waals surface area contributed by atoms with Gasteiger partial charge in [-0.15, -0.1) is 0 Å². The Labute approximate surface area is 95.0 Å². The van der Waals surface area contributed by atoms with Gasteiger partial charge in [0.05, 0.1) is 6.04 Å². The molecule has 1 amide bonds. The van der Waals surface area contributed by atoms with E-state index in [9.17, 15) is 4.79 Å². The monoisotopic (exact) mass is 226 g/mol. The van der Waals surface area contributed by atoms with Gasteiger partial charge in [-0.3, -0.25) is 4.79 Å². The molecule has 0 fully saturated rings. The van der Waals surface area contributed by atoms with Crippen LogP contribution in [-0.4, -0.2) is 47.6 Å². The Balaban J connectivity index is 2.28. The number of hydrogen-bond donors (Lipinski definition) is 1. The molecule has 0 bridgehead atoms. The average molecular weight is 226 g/mol. The largest absolute Gasteiger partial charge is 0.347 e. The fourth-order valence-corrected chi connectivity index (χ4v) is 1.31. The molecule has 1 rings (SSSR count). The molecule has 0 aromatic carbocycles. The third kappa shape index (κ3) is 3.62. The molecule has 1 aromatic rings. The molecule has 0 aliphatic rings. The van der Waals surface area contributed by atoms with E-state index in [0.717, 1.165) is 0 Å². The van der Waals surface area contributed by atoms with E-state index in [0.29, 0.717) is 24.7 Å². The summed E-state index contributed by atoms with van der Waals surface area (Å²) in [5, 5.41) is 6.79. The Morgan fingerprint density at radius 1 is 1.56 bits per heavy atom. The molecule has 0 radical (unpaired) electrons. The summed E-state index contributed by atoms with van der Waals surface area (Å²) < 4.78 is 4.96. The predicted octanol–water partition coefficient (Wildman–Crippen LogP) is -0.0132. The highest BCUT2D eigenvalue weighted by molar-refractivity contribution is 5.80. The molecule has 6 heteroatoms. The Bertz CT molecular complexity index is 348. The van der Waals surface area contributed by atoms with E-state index in [1.54, 1.807) is 25.9 Å². The lowest BCUT2D eigenvalue weighted by Crippen LogP contribution is -2.42. The van der Waals surface area contributed by atoms with Crippen molar-refractivity contribution in [3.63, 3.8) is 0 Å². The number of hydrogen-bond acceptors (Lipinski definition) is 5. The number of carbonyl (C=O) groups is 1. The first-order chi connectivity index (χ1) is 7.50. The maximum atomic E-state index is 11.5. The van der Waals surface area contributed by atoms with Gasteiger partial charge in [-0.1, -0.05) is 5.16 Å². The Kier molecular flexibility index (Phi) is 4.42.